The van der Waals surface area contributed by atoms with Crippen molar-refractivity contribution in [1.82, 2.24) is 9.88 Å². The Morgan fingerprint density at radius 2 is 2.15 bits per heavy atom. The van der Waals surface area contributed by atoms with Crippen molar-refractivity contribution in [2.45, 2.75) is 19.3 Å². The molecule has 1 aliphatic rings. The second-order valence-electron chi connectivity index (χ2n) is 6.81. The molecule has 7 nitrogen and oxygen atoms in total. The molecule has 1 fully saturated rings. The zero-order chi connectivity index (χ0) is 18.7. The number of amides is 1. The predicted octanol–water partition coefficient (Wildman–Crippen LogP) is 2.06. The molecule has 0 radical (unpaired) electrons. The lowest BCUT2D eigenvalue weighted by Crippen LogP contribution is -2.52. The number of carbonyl (C=O) groups is 2. The van der Waals surface area contributed by atoms with E-state index in [2.05, 4.69) is 4.98 Å². The van der Waals surface area contributed by atoms with Gasteiger partial charge in [-0.3, -0.25) is 9.59 Å². The van der Waals surface area contributed by atoms with Crippen molar-refractivity contribution in [1.29, 1.82) is 0 Å². The van der Waals surface area contributed by atoms with E-state index in [1.54, 1.807) is 12.0 Å². The topological polar surface area (TPSA) is 91.9 Å². The Hall–Kier alpha value is -2.54. The lowest BCUT2D eigenvalue weighted by Gasteiger charge is -2.39. The summed E-state index contributed by atoms with van der Waals surface area (Å²) in [4.78, 5) is 29.4. The highest BCUT2D eigenvalue weighted by atomic mass is 16.5. The van der Waals surface area contributed by atoms with Gasteiger partial charge in [-0.1, -0.05) is 6.07 Å². The molecule has 1 saturated heterocycles. The number of rotatable bonds is 6. The first-order valence-corrected chi connectivity index (χ1v) is 8.64. The fraction of sp³-hybridized carbons (Fsp3) is 0.474. The van der Waals surface area contributed by atoms with E-state index in [0.29, 0.717) is 25.1 Å². The smallest absolute Gasteiger partial charge is 0.313 e. The molecule has 1 amide bonds. The monoisotopic (exact) mass is 360 g/mol. The minimum Gasteiger partial charge on any atom is -0.496 e. The normalized spacial score (nSPS) is 20.3. The highest BCUT2D eigenvalue weighted by Gasteiger charge is 2.43. The van der Waals surface area contributed by atoms with Gasteiger partial charge in [0.25, 0.3) is 0 Å². The fourth-order valence-electron chi connectivity index (χ4n) is 3.78. The average molecular weight is 360 g/mol. The van der Waals surface area contributed by atoms with Gasteiger partial charge in [-0.2, -0.15) is 0 Å². The predicted molar refractivity (Wildman–Crippen MR) is 96.3 cm³/mol. The molecule has 1 atom stereocenters. The summed E-state index contributed by atoms with van der Waals surface area (Å²) in [6.45, 7) is 0.846. The highest BCUT2D eigenvalue weighted by Crippen LogP contribution is 2.32. The van der Waals surface area contributed by atoms with Gasteiger partial charge in [0.05, 0.1) is 20.1 Å². The second kappa shape index (κ2) is 7.37. The first-order chi connectivity index (χ1) is 12.5. The fourth-order valence-corrected chi connectivity index (χ4v) is 3.78. The third kappa shape index (κ3) is 3.26. The average Bonchev–Trinajstić information content (AvgIpc) is 3.05. The number of H-pyrrole nitrogens is 1. The number of nitrogens with zero attached hydrogens (tertiary/aromatic N) is 1. The number of nitrogens with one attached hydrogen (secondary N) is 1. The van der Waals surface area contributed by atoms with Crippen LogP contribution in [0.25, 0.3) is 10.9 Å². The maximum Gasteiger partial charge on any atom is 0.313 e. The van der Waals surface area contributed by atoms with Crippen molar-refractivity contribution in [2.75, 3.05) is 33.9 Å². The van der Waals surface area contributed by atoms with Crippen LogP contribution in [0.15, 0.2) is 24.4 Å². The Bertz CT molecular complexity index is 811. The van der Waals surface area contributed by atoms with Crippen LogP contribution in [0.5, 0.6) is 5.75 Å². The number of methoxy groups -OCH3 is 2. The van der Waals surface area contributed by atoms with Gasteiger partial charge in [0.15, 0.2) is 0 Å². The summed E-state index contributed by atoms with van der Waals surface area (Å²) in [7, 11) is 3.09. The Kier molecular flexibility index (Phi) is 5.18. The molecule has 3 rings (SSSR count). The lowest BCUT2D eigenvalue weighted by atomic mass is 9.80. The SMILES string of the molecule is COCC1(C(=O)O)CCCN(C(=O)Cc2c[nH]c3cccc(OC)c23)C1. The third-order valence-electron chi connectivity index (χ3n) is 5.11. The molecule has 140 valence electrons. The second-order valence-corrected chi connectivity index (χ2v) is 6.81. The van der Waals surface area contributed by atoms with Gasteiger partial charge < -0.3 is 24.5 Å². The standard InChI is InChI=1S/C19H24N2O5/c1-25-12-19(18(23)24)7-4-8-21(11-19)16(22)9-13-10-20-14-5-3-6-15(26-2)17(13)14/h3,5-6,10,20H,4,7-9,11-12H2,1-2H3,(H,23,24). The van der Waals surface area contributed by atoms with Crippen molar-refractivity contribution < 1.29 is 24.2 Å². The quantitative estimate of drug-likeness (QED) is 0.823. The van der Waals surface area contributed by atoms with Crippen molar-refractivity contribution >= 4 is 22.8 Å². The summed E-state index contributed by atoms with van der Waals surface area (Å²) >= 11 is 0. The molecular weight excluding hydrogens is 336 g/mol. The summed E-state index contributed by atoms with van der Waals surface area (Å²) in [6, 6.07) is 5.68. The van der Waals surface area contributed by atoms with E-state index in [4.69, 9.17) is 9.47 Å². The molecule has 1 aliphatic heterocycles. The van der Waals surface area contributed by atoms with Crippen LogP contribution in [0.3, 0.4) is 0 Å². The molecule has 1 aromatic carbocycles. The Balaban J connectivity index is 1.81. The van der Waals surface area contributed by atoms with Gasteiger partial charge in [0.1, 0.15) is 11.2 Å². The molecule has 0 spiro atoms. The van der Waals surface area contributed by atoms with Crippen molar-refractivity contribution in [2.24, 2.45) is 5.41 Å². The first-order valence-electron chi connectivity index (χ1n) is 8.64. The molecule has 1 aromatic heterocycles. The van der Waals surface area contributed by atoms with E-state index in [0.717, 1.165) is 16.5 Å². The molecule has 0 saturated carbocycles. The number of carboxylic acid groups (broad SMARTS) is 1. The van der Waals surface area contributed by atoms with Crippen molar-refractivity contribution in [3.8, 4) is 5.75 Å². The van der Waals surface area contributed by atoms with Crippen LogP contribution in [0, 0.1) is 5.41 Å². The van der Waals surface area contributed by atoms with Crippen LogP contribution in [0.2, 0.25) is 0 Å². The Labute approximate surface area is 151 Å². The van der Waals surface area contributed by atoms with Gasteiger partial charge in [-0.25, -0.2) is 0 Å². The summed E-state index contributed by atoms with van der Waals surface area (Å²) in [5, 5.41) is 10.5. The number of benzene rings is 1. The zero-order valence-electron chi connectivity index (χ0n) is 15.1. The van der Waals surface area contributed by atoms with Crippen molar-refractivity contribution in [3.63, 3.8) is 0 Å². The largest absolute Gasteiger partial charge is 0.496 e. The molecule has 0 aliphatic carbocycles. The number of aliphatic carboxylic acids is 1. The van der Waals surface area contributed by atoms with E-state index in [1.807, 2.05) is 24.4 Å². The van der Waals surface area contributed by atoms with Gasteiger partial charge in [-0.05, 0) is 30.5 Å². The molecule has 2 heterocycles. The number of piperidine rings is 1. The first kappa shape index (κ1) is 18.3. The molecule has 0 bridgehead atoms. The molecule has 7 heteroatoms. The van der Waals surface area contributed by atoms with Crippen LogP contribution < -0.4 is 4.74 Å². The van der Waals surface area contributed by atoms with Gasteiger partial charge in [0, 0.05) is 37.3 Å². The van der Waals surface area contributed by atoms with E-state index in [9.17, 15) is 14.7 Å². The number of fused-ring (bicyclic) bond motifs is 1. The van der Waals surface area contributed by atoms with Crippen LogP contribution in [-0.2, 0) is 20.7 Å². The summed E-state index contributed by atoms with van der Waals surface area (Å²) < 4.78 is 10.5. The molecule has 2 aromatic rings. The number of carboxylic acids is 1. The molecular formula is C19H24N2O5. The minimum atomic E-state index is -1.03. The number of aromatic amines is 1. The number of carbonyl (C=O) groups excluding carboxylic acids is 1. The van der Waals surface area contributed by atoms with Crippen LogP contribution in [-0.4, -0.2) is 60.8 Å². The summed E-state index contributed by atoms with van der Waals surface area (Å²) in [5.74, 6) is -0.284. The van der Waals surface area contributed by atoms with E-state index in [1.165, 1.54) is 7.11 Å². The number of likely N-dealkylation sites (tertiary alicyclic amines) is 1. The van der Waals surface area contributed by atoms with Crippen LogP contribution >= 0.6 is 0 Å². The van der Waals surface area contributed by atoms with E-state index in [-0.39, 0.29) is 25.5 Å². The summed E-state index contributed by atoms with van der Waals surface area (Å²) in [6.07, 6.45) is 3.18. The molecule has 1 unspecified atom stereocenters. The van der Waals surface area contributed by atoms with E-state index < -0.39 is 11.4 Å². The minimum absolute atomic E-state index is 0.0850. The van der Waals surface area contributed by atoms with Gasteiger partial charge >= 0.3 is 5.97 Å². The number of aromatic nitrogens is 1. The lowest BCUT2D eigenvalue weighted by molar-refractivity contribution is -0.159. The number of ether oxygens (including phenoxy) is 2. The number of hydrogen-bond acceptors (Lipinski definition) is 4. The maximum absolute atomic E-state index is 12.9. The summed E-state index contributed by atoms with van der Waals surface area (Å²) in [5.41, 5.74) is 0.728. The Morgan fingerprint density at radius 3 is 2.85 bits per heavy atom. The molecule has 2 N–H and O–H groups in total. The Morgan fingerprint density at radius 1 is 1.35 bits per heavy atom. The van der Waals surface area contributed by atoms with Crippen molar-refractivity contribution in [3.05, 3.63) is 30.0 Å². The van der Waals surface area contributed by atoms with Crippen LogP contribution in [0.1, 0.15) is 18.4 Å². The maximum atomic E-state index is 12.9. The number of hydrogen-bond donors (Lipinski definition) is 2. The molecule has 26 heavy (non-hydrogen) atoms. The van der Waals surface area contributed by atoms with E-state index >= 15 is 0 Å². The zero-order valence-corrected chi connectivity index (χ0v) is 15.1. The van der Waals surface area contributed by atoms with Gasteiger partial charge in [-0.15, -0.1) is 0 Å². The highest BCUT2D eigenvalue weighted by molar-refractivity contribution is 5.93. The third-order valence-corrected chi connectivity index (χ3v) is 5.11. The van der Waals surface area contributed by atoms with Crippen LogP contribution in [0.4, 0.5) is 0 Å². The van der Waals surface area contributed by atoms with Gasteiger partial charge in [0.2, 0.25) is 5.91 Å².